The highest BCUT2D eigenvalue weighted by molar-refractivity contribution is 5.98. The van der Waals surface area contributed by atoms with Crippen LogP contribution in [-0.2, 0) is 4.79 Å². The average molecular weight is 329 g/mol. The normalized spacial score (nSPS) is 20.1. The summed E-state index contributed by atoms with van der Waals surface area (Å²) in [6.45, 7) is 5.40. The molecule has 2 N–H and O–H groups in total. The second kappa shape index (κ2) is 8.25. The van der Waals surface area contributed by atoms with E-state index in [0.717, 1.165) is 31.5 Å². The van der Waals surface area contributed by atoms with Crippen LogP contribution >= 0.6 is 12.4 Å². The Hall–Kier alpha value is -1.46. The van der Waals surface area contributed by atoms with Crippen molar-refractivity contribution in [1.29, 1.82) is 0 Å². The van der Waals surface area contributed by atoms with Crippen molar-refractivity contribution in [3.63, 3.8) is 0 Å². The first-order valence-corrected chi connectivity index (χ1v) is 7.52. The molecule has 1 amide bonds. The SMILES string of the molecule is CCOc1cc(NC(=O)C2(CC)CCCN2)ccc1OC.Cl. The molecule has 1 aromatic rings. The number of hydrogen-bond acceptors (Lipinski definition) is 4. The Morgan fingerprint density at radius 3 is 2.68 bits per heavy atom. The second-order valence-corrected chi connectivity index (χ2v) is 5.22. The van der Waals surface area contributed by atoms with Gasteiger partial charge in [0.2, 0.25) is 5.91 Å². The van der Waals surface area contributed by atoms with E-state index in [9.17, 15) is 4.79 Å². The summed E-state index contributed by atoms with van der Waals surface area (Å²) in [5, 5.41) is 6.32. The first-order chi connectivity index (χ1) is 10.1. The van der Waals surface area contributed by atoms with Crippen molar-refractivity contribution in [2.75, 3.05) is 25.6 Å². The first kappa shape index (κ1) is 18.6. The predicted octanol–water partition coefficient (Wildman–Crippen LogP) is 2.99. The van der Waals surface area contributed by atoms with Gasteiger partial charge in [-0.1, -0.05) is 6.92 Å². The Morgan fingerprint density at radius 2 is 2.14 bits per heavy atom. The van der Waals surface area contributed by atoms with Gasteiger partial charge in [0.15, 0.2) is 11.5 Å². The van der Waals surface area contributed by atoms with Crippen LogP contribution in [0.25, 0.3) is 0 Å². The van der Waals surface area contributed by atoms with Crippen molar-refractivity contribution in [2.45, 2.75) is 38.6 Å². The molecule has 1 heterocycles. The number of carbonyl (C=O) groups excluding carboxylic acids is 1. The zero-order valence-electron chi connectivity index (χ0n) is 13.4. The molecule has 1 atom stereocenters. The third-order valence-electron chi connectivity index (χ3n) is 4.00. The van der Waals surface area contributed by atoms with Crippen LogP contribution in [0.2, 0.25) is 0 Å². The minimum atomic E-state index is -0.439. The zero-order chi connectivity index (χ0) is 15.3. The summed E-state index contributed by atoms with van der Waals surface area (Å²) in [5.41, 5.74) is 0.289. The van der Waals surface area contributed by atoms with Crippen LogP contribution < -0.4 is 20.1 Å². The Labute approximate surface area is 138 Å². The summed E-state index contributed by atoms with van der Waals surface area (Å²) in [4.78, 5) is 12.5. The van der Waals surface area contributed by atoms with Crippen molar-refractivity contribution in [1.82, 2.24) is 5.32 Å². The van der Waals surface area contributed by atoms with Gasteiger partial charge in [-0.25, -0.2) is 0 Å². The van der Waals surface area contributed by atoms with E-state index in [0.29, 0.717) is 18.1 Å². The lowest BCUT2D eigenvalue weighted by Gasteiger charge is -2.26. The molecule has 0 radical (unpaired) electrons. The molecule has 1 aliphatic heterocycles. The third kappa shape index (κ3) is 3.84. The lowest BCUT2D eigenvalue weighted by atomic mass is 9.93. The highest BCUT2D eigenvalue weighted by atomic mass is 35.5. The fraction of sp³-hybridized carbons (Fsp3) is 0.562. The van der Waals surface area contributed by atoms with E-state index in [-0.39, 0.29) is 18.3 Å². The maximum absolute atomic E-state index is 12.5. The number of anilines is 1. The van der Waals surface area contributed by atoms with E-state index in [4.69, 9.17) is 9.47 Å². The standard InChI is InChI=1S/C16H24N2O3.ClH/c1-4-16(9-6-10-17-16)15(19)18-12-7-8-13(20-3)14(11-12)21-5-2;/h7-8,11,17H,4-6,9-10H2,1-3H3,(H,18,19);1H. The molecule has 0 spiro atoms. The molecule has 5 nitrogen and oxygen atoms in total. The largest absolute Gasteiger partial charge is 0.493 e. The molecule has 2 rings (SSSR count). The maximum atomic E-state index is 12.5. The molecule has 0 bridgehead atoms. The second-order valence-electron chi connectivity index (χ2n) is 5.22. The number of benzene rings is 1. The smallest absolute Gasteiger partial charge is 0.244 e. The van der Waals surface area contributed by atoms with Gasteiger partial charge in [-0.05, 0) is 44.9 Å². The molecular formula is C16H25ClN2O3. The van der Waals surface area contributed by atoms with Gasteiger partial charge in [-0.15, -0.1) is 12.4 Å². The van der Waals surface area contributed by atoms with E-state index < -0.39 is 5.54 Å². The predicted molar refractivity (Wildman–Crippen MR) is 90.3 cm³/mol. The third-order valence-corrected chi connectivity index (χ3v) is 4.00. The summed E-state index contributed by atoms with van der Waals surface area (Å²) in [6.07, 6.45) is 2.70. The van der Waals surface area contributed by atoms with Crippen LogP contribution in [-0.4, -0.2) is 31.7 Å². The number of carbonyl (C=O) groups is 1. The fourth-order valence-corrected chi connectivity index (χ4v) is 2.74. The Balaban J connectivity index is 0.00000242. The van der Waals surface area contributed by atoms with Gasteiger partial charge in [0.25, 0.3) is 0 Å². The van der Waals surface area contributed by atoms with E-state index >= 15 is 0 Å². The van der Waals surface area contributed by atoms with Gasteiger partial charge in [0.1, 0.15) is 0 Å². The van der Waals surface area contributed by atoms with Crippen LogP contribution in [0, 0.1) is 0 Å². The van der Waals surface area contributed by atoms with Gasteiger partial charge >= 0.3 is 0 Å². The van der Waals surface area contributed by atoms with Crippen molar-refractivity contribution in [3.8, 4) is 11.5 Å². The molecular weight excluding hydrogens is 304 g/mol. The van der Waals surface area contributed by atoms with E-state index in [1.54, 1.807) is 19.2 Å². The molecule has 1 aromatic carbocycles. The summed E-state index contributed by atoms with van der Waals surface area (Å²) in [6, 6.07) is 5.44. The monoisotopic (exact) mass is 328 g/mol. The molecule has 0 aromatic heterocycles. The quantitative estimate of drug-likeness (QED) is 0.843. The van der Waals surface area contributed by atoms with Gasteiger partial charge in [0.05, 0.1) is 19.3 Å². The highest BCUT2D eigenvalue weighted by Crippen LogP contribution is 2.31. The highest BCUT2D eigenvalue weighted by Gasteiger charge is 2.39. The summed E-state index contributed by atoms with van der Waals surface area (Å²) in [5.74, 6) is 1.33. The van der Waals surface area contributed by atoms with E-state index in [1.165, 1.54) is 0 Å². The number of amides is 1. The summed E-state index contributed by atoms with van der Waals surface area (Å²) >= 11 is 0. The number of nitrogens with one attached hydrogen (secondary N) is 2. The summed E-state index contributed by atoms with van der Waals surface area (Å²) in [7, 11) is 1.60. The number of hydrogen-bond donors (Lipinski definition) is 2. The Kier molecular flexibility index (Phi) is 6.97. The van der Waals surface area contributed by atoms with Crippen molar-refractivity contribution < 1.29 is 14.3 Å². The van der Waals surface area contributed by atoms with Crippen LogP contribution in [0.3, 0.4) is 0 Å². The molecule has 0 saturated carbocycles. The average Bonchev–Trinajstić information content (AvgIpc) is 2.98. The van der Waals surface area contributed by atoms with Gasteiger partial charge in [0, 0.05) is 11.8 Å². The molecule has 0 aliphatic carbocycles. The van der Waals surface area contributed by atoms with E-state index in [2.05, 4.69) is 10.6 Å². The van der Waals surface area contributed by atoms with Crippen molar-refractivity contribution in [2.24, 2.45) is 0 Å². The number of halogens is 1. The molecule has 1 saturated heterocycles. The van der Waals surface area contributed by atoms with Gasteiger partial charge in [-0.2, -0.15) is 0 Å². The lowest BCUT2D eigenvalue weighted by Crippen LogP contribution is -2.50. The van der Waals surface area contributed by atoms with Crippen LogP contribution in [0.15, 0.2) is 18.2 Å². The number of rotatable bonds is 6. The Bertz CT molecular complexity index is 502. The van der Waals surface area contributed by atoms with E-state index in [1.807, 2.05) is 19.9 Å². The topological polar surface area (TPSA) is 59.6 Å². The molecule has 1 unspecified atom stereocenters. The van der Waals surface area contributed by atoms with Crippen LogP contribution in [0.4, 0.5) is 5.69 Å². The van der Waals surface area contributed by atoms with Crippen LogP contribution in [0.5, 0.6) is 11.5 Å². The minimum Gasteiger partial charge on any atom is -0.493 e. The molecule has 124 valence electrons. The minimum absolute atomic E-state index is 0. The molecule has 1 fully saturated rings. The van der Waals surface area contributed by atoms with Gasteiger partial charge < -0.3 is 20.1 Å². The number of methoxy groups -OCH3 is 1. The van der Waals surface area contributed by atoms with Crippen LogP contribution in [0.1, 0.15) is 33.1 Å². The summed E-state index contributed by atoms with van der Waals surface area (Å²) < 4.78 is 10.8. The number of ether oxygens (including phenoxy) is 2. The molecule has 1 aliphatic rings. The maximum Gasteiger partial charge on any atom is 0.244 e. The Morgan fingerprint density at radius 1 is 1.36 bits per heavy atom. The molecule has 22 heavy (non-hydrogen) atoms. The van der Waals surface area contributed by atoms with Crippen molar-refractivity contribution in [3.05, 3.63) is 18.2 Å². The lowest BCUT2D eigenvalue weighted by molar-refractivity contribution is -0.122. The zero-order valence-corrected chi connectivity index (χ0v) is 14.2. The van der Waals surface area contributed by atoms with Crippen molar-refractivity contribution >= 4 is 24.0 Å². The van der Waals surface area contributed by atoms with Gasteiger partial charge in [-0.3, -0.25) is 4.79 Å². The molecule has 6 heteroatoms. The first-order valence-electron chi connectivity index (χ1n) is 7.52. The fourth-order valence-electron chi connectivity index (χ4n) is 2.74.